The molecule has 0 bridgehead atoms. The van der Waals surface area contributed by atoms with Crippen molar-refractivity contribution < 1.29 is 4.90 Å². The van der Waals surface area contributed by atoms with Crippen molar-refractivity contribution in [2.45, 2.75) is 41.5 Å². The Balaban J connectivity index is 2.01. The lowest BCUT2D eigenvalue weighted by molar-refractivity contribution is -0.828. The van der Waals surface area contributed by atoms with Gasteiger partial charge in [-0.15, -0.1) is 0 Å². The molecule has 0 saturated carbocycles. The third kappa shape index (κ3) is 5.77. The smallest absolute Gasteiger partial charge is 0.120 e. The molecule has 0 spiro atoms. The lowest BCUT2D eigenvalue weighted by Crippen LogP contribution is -3.06. The fraction of sp³-hybridized carbons (Fsp3) is 0.387. The Labute approximate surface area is 208 Å². The van der Waals surface area contributed by atoms with E-state index < -0.39 is 0 Å². The van der Waals surface area contributed by atoms with Crippen molar-refractivity contribution in [2.24, 2.45) is 0 Å². The molecule has 0 saturated heterocycles. The van der Waals surface area contributed by atoms with Crippen LogP contribution in [0.25, 0.3) is 0 Å². The second kappa shape index (κ2) is 12.5. The minimum Gasteiger partial charge on any atom is -0.373 e. The van der Waals surface area contributed by atoms with Gasteiger partial charge in [-0.1, -0.05) is 83.3 Å². The Morgan fingerprint density at radius 3 is 1.12 bits per heavy atom. The van der Waals surface area contributed by atoms with E-state index in [-0.39, 0.29) is 0 Å². The zero-order valence-electron chi connectivity index (χ0n) is 22.1. The van der Waals surface area contributed by atoms with Crippen LogP contribution in [0.5, 0.6) is 0 Å². The van der Waals surface area contributed by atoms with Gasteiger partial charge in [0, 0.05) is 37.6 Å². The van der Waals surface area contributed by atoms with E-state index >= 15 is 0 Å². The molecule has 0 amide bonds. The average Bonchev–Trinajstić information content (AvgIpc) is 2.89. The van der Waals surface area contributed by atoms with E-state index in [0.29, 0.717) is 0 Å². The Bertz CT molecular complexity index is 833. The van der Waals surface area contributed by atoms with Gasteiger partial charge < -0.3 is 14.7 Å². The molecule has 34 heavy (non-hydrogen) atoms. The summed E-state index contributed by atoms with van der Waals surface area (Å²) in [5.41, 5.74) is 7.71. The topological polar surface area (TPSA) is 10.9 Å². The lowest BCUT2D eigenvalue weighted by Gasteiger charge is -2.29. The van der Waals surface area contributed by atoms with Crippen molar-refractivity contribution in [2.75, 3.05) is 49.1 Å². The van der Waals surface area contributed by atoms with Gasteiger partial charge in [-0.25, -0.2) is 0 Å². The molecule has 0 aliphatic carbocycles. The number of benzene rings is 3. The first kappa shape index (κ1) is 25.7. The van der Waals surface area contributed by atoms with Crippen molar-refractivity contribution in [1.29, 1.82) is 0 Å². The number of nitrogens with one attached hydrogen (secondary N) is 1. The van der Waals surface area contributed by atoms with E-state index in [1.807, 2.05) is 0 Å². The summed E-state index contributed by atoms with van der Waals surface area (Å²) < 4.78 is 0. The van der Waals surface area contributed by atoms with Crippen LogP contribution in [0.15, 0.2) is 72.8 Å². The van der Waals surface area contributed by atoms with Crippen LogP contribution < -0.4 is 14.7 Å². The Hall–Kier alpha value is -2.91. The number of anilines is 2. The van der Waals surface area contributed by atoms with E-state index in [4.69, 9.17) is 0 Å². The molecule has 3 rings (SSSR count). The van der Waals surface area contributed by atoms with E-state index in [0.717, 1.165) is 39.3 Å². The van der Waals surface area contributed by atoms with Crippen LogP contribution in [0.1, 0.15) is 58.2 Å². The summed E-state index contributed by atoms with van der Waals surface area (Å²) in [7, 11) is 0. The van der Waals surface area contributed by atoms with Crippen LogP contribution in [0, 0.1) is 5.92 Å². The molecule has 0 unspecified atom stereocenters. The zero-order valence-corrected chi connectivity index (χ0v) is 22.1. The molecule has 0 aromatic heterocycles. The normalized spacial score (nSPS) is 11.0. The molecule has 1 N–H and O–H groups in total. The zero-order chi connectivity index (χ0) is 24.5. The van der Waals surface area contributed by atoms with Gasteiger partial charge in [0.25, 0.3) is 0 Å². The predicted octanol–water partition coefficient (Wildman–Crippen LogP) is 5.95. The SMILES string of the molecule is CCN(CC)c1ccc([C-](c2ccc(N(CC)CC)cc2)c2ccc([NH+](CC)CC)cc2)cc1. The Morgan fingerprint density at radius 2 is 0.824 bits per heavy atom. The van der Waals surface area contributed by atoms with Crippen molar-refractivity contribution in [3.63, 3.8) is 0 Å². The number of hydrogen-bond acceptors (Lipinski definition) is 2. The van der Waals surface area contributed by atoms with E-state index in [1.54, 1.807) is 0 Å². The van der Waals surface area contributed by atoms with Crippen LogP contribution in [-0.2, 0) is 0 Å². The van der Waals surface area contributed by atoms with Crippen LogP contribution in [0.3, 0.4) is 0 Å². The molecule has 182 valence electrons. The average molecular weight is 458 g/mol. The first-order chi connectivity index (χ1) is 16.6. The van der Waals surface area contributed by atoms with Crippen LogP contribution in [0.2, 0.25) is 0 Å². The number of nitrogens with zero attached hydrogens (tertiary/aromatic N) is 2. The maximum absolute atomic E-state index is 2.39. The number of quaternary nitrogens is 1. The first-order valence-corrected chi connectivity index (χ1v) is 13.1. The largest absolute Gasteiger partial charge is 0.373 e. The molecule has 0 aliphatic rings. The van der Waals surface area contributed by atoms with Crippen molar-refractivity contribution in [3.8, 4) is 0 Å². The van der Waals surface area contributed by atoms with Crippen molar-refractivity contribution >= 4 is 17.1 Å². The molecular formula is C31H43N3. The molecule has 0 aliphatic heterocycles. The highest BCUT2D eigenvalue weighted by Gasteiger charge is 2.14. The molecular weight excluding hydrogens is 414 g/mol. The van der Waals surface area contributed by atoms with E-state index in [2.05, 4.69) is 124 Å². The number of rotatable bonds is 12. The van der Waals surface area contributed by atoms with Gasteiger partial charge in [-0.05, 0) is 53.7 Å². The third-order valence-electron chi connectivity index (χ3n) is 7.00. The summed E-state index contributed by atoms with van der Waals surface area (Å²) >= 11 is 0. The third-order valence-corrected chi connectivity index (χ3v) is 7.00. The van der Waals surface area contributed by atoms with Gasteiger partial charge in [-0.2, -0.15) is 0 Å². The van der Waals surface area contributed by atoms with Gasteiger partial charge in [0.05, 0.1) is 13.1 Å². The Morgan fingerprint density at radius 1 is 0.500 bits per heavy atom. The van der Waals surface area contributed by atoms with E-state index in [1.165, 1.54) is 44.6 Å². The molecule has 0 atom stereocenters. The van der Waals surface area contributed by atoms with E-state index in [9.17, 15) is 0 Å². The molecule has 0 radical (unpaired) electrons. The van der Waals surface area contributed by atoms with Gasteiger partial charge in [-0.3, -0.25) is 0 Å². The highest BCUT2D eigenvalue weighted by atomic mass is 15.1. The highest BCUT2D eigenvalue weighted by Crippen LogP contribution is 2.33. The number of hydrogen-bond donors (Lipinski definition) is 1. The lowest BCUT2D eigenvalue weighted by atomic mass is 9.85. The highest BCUT2D eigenvalue weighted by molar-refractivity contribution is 5.62. The fourth-order valence-corrected chi connectivity index (χ4v) is 4.89. The summed E-state index contributed by atoms with van der Waals surface area (Å²) in [6.07, 6.45) is 0. The predicted molar refractivity (Wildman–Crippen MR) is 149 cm³/mol. The minimum atomic E-state index is 1.02. The maximum atomic E-state index is 2.39. The van der Waals surface area contributed by atoms with Crippen LogP contribution in [-0.4, -0.2) is 39.3 Å². The summed E-state index contributed by atoms with van der Waals surface area (Å²) in [5, 5.41) is 0. The van der Waals surface area contributed by atoms with Gasteiger partial charge in [0.1, 0.15) is 5.69 Å². The second-order valence-electron chi connectivity index (χ2n) is 8.70. The van der Waals surface area contributed by atoms with Crippen molar-refractivity contribution in [3.05, 3.63) is 95.4 Å². The second-order valence-corrected chi connectivity index (χ2v) is 8.70. The molecule has 3 nitrogen and oxygen atoms in total. The summed E-state index contributed by atoms with van der Waals surface area (Å²) in [4.78, 5) is 6.30. The molecule has 3 aromatic carbocycles. The van der Waals surface area contributed by atoms with Crippen LogP contribution >= 0.6 is 0 Å². The van der Waals surface area contributed by atoms with Crippen molar-refractivity contribution in [1.82, 2.24) is 0 Å². The maximum Gasteiger partial charge on any atom is 0.120 e. The van der Waals surface area contributed by atoms with Gasteiger partial charge in [0.15, 0.2) is 0 Å². The molecule has 3 aromatic rings. The van der Waals surface area contributed by atoms with Crippen LogP contribution in [0.4, 0.5) is 17.1 Å². The Kier molecular flexibility index (Phi) is 9.47. The molecule has 0 heterocycles. The molecule has 3 heteroatoms. The van der Waals surface area contributed by atoms with Gasteiger partial charge >= 0.3 is 0 Å². The monoisotopic (exact) mass is 457 g/mol. The summed E-state index contributed by atoms with van der Waals surface area (Å²) in [6.45, 7) is 19.7. The minimum absolute atomic E-state index is 1.02. The molecule has 0 fully saturated rings. The summed E-state index contributed by atoms with van der Waals surface area (Å²) in [6, 6.07) is 27.4. The first-order valence-electron chi connectivity index (χ1n) is 13.1. The van der Waals surface area contributed by atoms with Gasteiger partial charge in [0.2, 0.25) is 0 Å². The summed E-state index contributed by atoms with van der Waals surface area (Å²) in [5.74, 6) is 1.29. The quantitative estimate of drug-likeness (QED) is 0.266. The standard InChI is InChI=1S/C31H42N3/c1-7-32(8-2)28-19-13-25(14-20-28)31(26-15-21-29(22-16-26)33(9-3)10-4)27-17-23-30(24-18-27)34(11-5)12-6/h13-24H,7-12H2,1-6H3/q-1/p+1. The fourth-order valence-electron chi connectivity index (χ4n) is 4.89.